The molecule has 0 aliphatic carbocycles. The van der Waals surface area contributed by atoms with E-state index in [2.05, 4.69) is 4.98 Å². The number of halogens is 3. The number of nitriles is 1. The molecular formula is C9H5ClF2N2O. The molecule has 0 fully saturated rings. The van der Waals surface area contributed by atoms with E-state index in [-0.39, 0.29) is 16.3 Å². The minimum atomic E-state index is -2.89. The Labute approximate surface area is 89.3 Å². The smallest absolute Gasteiger partial charge is 0.281 e. The van der Waals surface area contributed by atoms with Crippen molar-refractivity contribution in [2.24, 2.45) is 0 Å². The molecule has 0 unspecified atom stereocenters. The number of carbonyl (C=O) groups is 1. The van der Waals surface area contributed by atoms with Gasteiger partial charge in [-0.15, -0.1) is 0 Å². The monoisotopic (exact) mass is 230 g/mol. The van der Waals surface area contributed by atoms with Crippen LogP contribution in [-0.2, 0) is 0 Å². The third-order valence-electron chi connectivity index (χ3n) is 1.71. The van der Waals surface area contributed by atoms with Crippen molar-refractivity contribution in [1.29, 1.82) is 5.26 Å². The summed E-state index contributed by atoms with van der Waals surface area (Å²) in [5.41, 5.74) is -1.05. The molecule has 0 aliphatic heterocycles. The lowest BCUT2D eigenvalue weighted by molar-refractivity contribution is 0.0995. The van der Waals surface area contributed by atoms with Crippen molar-refractivity contribution in [2.45, 2.75) is 13.3 Å². The molecule has 0 atom stereocenters. The van der Waals surface area contributed by atoms with E-state index in [0.29, 0.717) is 0 Å². The normalized spacial score (nSPS) is 10.1. The van der Waals surface area contributed by atoms with Gasteiger partial charge in [-0.2, -0.15) is 5.26 Å². The third-order valence-corrected chi connectivity index (χ3v) is 2.00. The van der Waals surface area contributed by atoms with Crippen LogP contribution in [0.3, 0.4) is 0 Å². The van der Waals surface area contributed by atoms with Gasteiger partial charge in [-0.3, -0.25) is 4.79 Å². The van der Waals surface area contributed by atoms with Gasteiger partial charge in [0.15, 0.2) is 5.78 Å². The van der Waals surface area contributed by atoms with Crippen LogP contribution in [0.25, 0.3) is 0 Å². The van der Waals surface area contributed by atoms with Crippen LogP contribution in [0.1, 0.15) is 35.0 Å². The number of Topliss-reactive ketones (excluding diaryl/α,β-unsaturated/α-hetero) is 1. The molecular weight excluding hydrogens is 226 g/mol. The number of carbonyl (C=O) groups excluding carboxylic acids is 1. The van der Waals surface area contributed by atoms with Crippen molar-refractivity contribution < 1.29 is 13.6 Å². The Bertz CT molecular complexity index is 454. The molecule has 3 nitrogen and oxygen atoms in total. The first-order valence-corrected chi connectivity index (χ1v) is 4.24. The zero-order valence-corrected chi connectivity index (χ0v) is 8.35. The first kappa shape index (κ1) is 11.5. The second kappa shape index (κ2) is 4.32. The number of nitrogens with zero attached hydrogens (tertiary/aromatic N) is 2. The summed E-state index contributed by atoms with van der Waals surface area (Å²) in [6, 6.07) is 2.69. The second-order valence-corrected chi connectivity index (χ2v) is 3.09. The van der Waals surface area contributed by atoms with E-state index in [1.165, 1.54) is 0 Å². The van der Waals surface area contributed by atoms with Gasteiger partial charge in [-0.1, -0.05) is 11.6 Å². The third kappa shape index (κ3) is 2.28. The first-order chi connectivity index (χ1) is 6.97. The Morgan fingerprint density at radius 1 is 1.67 bits per heavy atom. The predicted octanol–water partition coefficient (Wildman–Crippen LogP) is 2.75. The highest BCUT2D eigenvalue weighted by molar-refractivity contribution is 6.30. The van der Waals surface area contributed by atoms with Gasteiger partial charge in [0.05, 0.1) is 5.56 Å². The predicted molar refractivity (Wildman–Crippen MR) is 48.9 cm³/mol. The highest BCUT2D eigenvalue weighted by atomic mass is 35.5. The van der Waals surface area contributed by atoms with E-state index < -0.39 is 17.9 Å². The number of ketones is 1. The van der Waals surface area contributed by atoms with Crippen LogP contribution >= 0.6 is 11.6 Å². The molecule has 78 valence electrons. The molecule has 0 aromatic carbocycles. The maximum atomic E-state index is 12.4. The highest BCUT2D eigenvalue weighted by Crippen LogP contribution is 2.25. The minimum Gasteiger partial charge on any atom is -0.294 e. The lowest BCUT2D eigenvalue weighted by Crippen LogP contribution is -2.05. The van der Waals surface area contributed by atoms with E-state index in [1.807, 2.05) is 0 Å². The first-order valence-electron chi connectivity index (χ1n) is 3.87. The van der Waals surface area contributed by atoms with E-state index in [4.69, 9.17) is 16.9 Å². The van der Waals surface area contributed by atoms with Gasteiger partial charge in [-0.05, 0) is 13.0 Å². The molecule has 0 N–H and O–H groups in total. The fraction of sp³-hybridized carbons (Fsp3) is 0.222. The Morgan fingerprint density at radius 2 is 2.27 bits per heavy atom. The van der Waals surface area contributed by atoms with Gasteiger partial charge in [0.2, 0.25) is 0 Å². The standard InChI is InChI=1S/C9H5ClF2N2O/c1-4(15)6-2-5(3-13)8(10)14-7(6)9(11)12/h2,9H,1H3. The Morgan fingerprint density at radius 3 is 2.67 bits per heavy atom. The van der Waals surface area contributed by atoms with Crippen LogP contribution in [0.5, 0.6) is 0 Å². The van der Waals surface area contributed by atoms with Crippen LogP contribution < -0.4 is 0 Å². The van der Waals surface area contributed by atoms with Crippen molar-refractivity contribution in [3.63, 3.8) is 0 Å². The zero-order chi connectivity index (χ0) is 11.6. The van der Waals surface area contributed by atoms with Crippen LogP contribution in [0.15, 0.2) is 6.07 Å². The van der Waals surface area contributed by atoms with E-state index >= 15 is 0 Å². The topological polar surface area (TPSA) is 53.8 Å². The molecule has 0 radical (unpaired) electrons. The highest BCUT2D eigenvalue weighted by Gasteiger charge is 2.20. The average molecular weight is 231 g/mol. The Balaban J connectivity index is 3.47. The van der Waals surface area contributed by atoms with Crippen LogP contribution in [0, 0.1) is 11.3 Å². The van der Waals surface area contributed by atoms with Gasteiger partial charge in [0, 0.05) is 5.56 Å². The number of hydrogen-bond donors (Lipinski definition) is 0. The van der Waals surface area contributed by atoms with Crippen molar-refractivity contribution in [2.75, 3.05) is 0 Å². The van der Waals surface area contributed by atoms with Crippen LogP contribution in [0.2, 0.25) is 5.15 Å². The number of pyridine rings is 1. The molecule has 0 amide bonds. The van der Waals surface area contributed by atoms with Gasteiger partial charge in [0.1, 0.15) is 16.9 Å². The van der Waals surface area contributed by atoms with Gasteiger partial charge >= 0.3 is 0 Å². The maximum absolute atomic E-state index is 12.4. The van der Waals surface area contributed by atoms with Gasteiger partial charge in [0.25, 0.3) is 6.43 Å². The lowest BCUT2D eigenvalue weighted by atomic mass is 10.1. The molecule has 0 spiro atoms. The summed E-state index contributed by atoms with van der Waals surface area (Å²) in [6.45, 7) is 1.12. The number of hydrogen-bond acceptors (Lipinski definition) is 3. The maximum Gasteiger partial charge on any atom is 0.281 e. The Hall–Kier alpha value is -1.54. The fourth-order valence-electron chi connectivity index (χ4n) is 1.03. The molecule has 15 heavy (non-hydrogen) atoms. The molecule has 1 aromatic rings. The Kier molecular flexibility index (Phi) is 3.32. The summed E-state index contributed by atoms with van der Waals surface area (Å²) in [6.07, 6.45) is -2.89. The summed E-state index contributed by atoms with van der Waals surface area (Å²) in [5, 5.41) is 8.26. The molecule has 0 saturated heterocycles. The van der Waals surface area contributed by atoms with Crippen molar-refractivity contribution >= 4 is 17.4 Å². The number of aromatic nitrogens is 1. The van der Waals surface area contributed by atoms with Gasteiger partial charge < -0.3 is 0 Å². The minimum absolute atomic E-state index is 0.0914. The summed E-state index contributed by atoms with van der Waals surface area (Å²) in [5.74, 6) is -0.578. The van der Waals surface area contributed by atoms with Crippen molar-refractivity contribution in [3.05, 3.63) is 28.0 Å². The largest absolute Gasteiger partial charge is 0.294 e. The molecule has 1 rings (SSSR count). The lowest BCUT2D eigenvalue weighted by Gasteiger charge is -2.06. The summed E-state index contributed by atoms with van der Waals surface area (Å²) >= 11 is 5.47. The molecule has 1 heterocycles. The van der Waals surface area contributed by atoms with Crippen LogP contribution in [-0.4, -0.2) is 10.8 Å². The molecule has 1 aromatic heterocycles. The van der Waals surface area contributed by atoms with Crippen molar-refractivity contribution in [3.8, 4) is 6.07 Å². The second-order valence-electron chi connectivity index (χ2n) is 2.73. The summed E-state index contributed by atoms with van der Waals surface area (Å²) in [7, 11) is 0. The molecule has 0 bridgehead atoms. The summed E-state index contributed by atoms with van der Waals surface area (Å²) in [4.78, 5) is 14.4. The molecule has 6 heteroatoms. The van der Waals surface area contributed by atoms with Crippen LogP contribution in [0.4, 0.5) is 8.78 Å². The quantitative estimate of drug-likeness (QED) is 0.580. The van der Waals surface area contributed by atoms with E-state index in [1.54, 1.807) is 6.07 Å². The molecule has 0 aliphatic rings. The number of alkyl halides is 2. The summed E-state index contributed by atoms with van der Waals surface area (Å²) < 4.78 is 24.9. The van der Waals surface area contributed by atoms with Crippen molar-refractivity contribution in [1.82, 2.24) is 4.98 Å². The average Bonchev–Trinajstić information content (AvgIpc) is 2.16. The SMILES string of the molecule is CC(=O)c1cc(C#N)c(Cl)nc1C(F)F. The number of rotatable bonds is 2. The van der Waals surface area contributed by atoms with Gasteiger partial charge in [-0.25, -0.2) is 13.8 Å². The van der Waals surface area contributed by atoms with E-state index in [9.17, 15) is 13.6 Å². The molecule has 0 saturated carbocycles. The van der Waals surface area contributed by atoms with E-state index in [0.717, 1.165) is 13.0 Å². The fourth-order valence-corrected chi connectivity index (χ4v) is 1.22. The zero-order valence-electron chi connectivity index (χ0n) is 7.59.